The predicted octanol–water partition coefficient (Wildman–Crippen LogP) is 1.47. The smallest absolute Gasteiger partial charge is 0.0913 e. The molecule has 0 amide bonds. The Balaban J connectivity index is 2.23. The Kier molecular flexibility index (Phi) is 4.25. The first-order valence-electron chi connectivity index (χ1n) is 4.82. The second-order valence-corrected chi connectivity index (χ2v) is 3.35. The van der Waals surface area contributed by atoms with Crippen LogP contribution in [0.2, 0.25) is 0 Å². The second-order valence-electron chi connectivity index (χ2n) is 3.35. The summed E-state index contributed by atoms with van der Waals surface area (Å²) in [5, 5.41) is 9.37. The zero-order chi connectivity index (χ0) is 9.68. The summed E-state index contributed by atoms with van der Waals surface area (Å²) in [6.07, 6.45) is 2.02. The van der Waals surface area contributed by atoms with Crippen LogP contribution in [-0.4, -0.2) is 30.5 Å². The second kappa shape index (κ2) is 5.25. The molecule has 0 aromatic heterocycles. The molecule has 3 nitrogen and oxygen atoms in total. The molecular formula is C10H18O3. The van der Waals surface area contributed by atoms with Crippen LogP contribution in [0.15, 0.2) is 12.3 Å². The predicted molar refractivity (Wildman–Crippen MR) is 50.4 cm³/mol. The molecule has 1 rings (SSSR count). The van der Waals surface area contributed by atoms with Crippen LogP contribution in [-0.2, 0) is 9.47 Å². The van der Waals surface area contributed by atoms with E-state index >= 15 is 0 Å². The van der Waals surface area contributed by atoms with E-state index in [-0.39, 0.29) is 12.2 Å². The van der Waals surface area contributed by atoms with Gasteiger partial charge < -0.3 is 14.6 Å². The van der Waals surface area contributed by atoms with E-state index in [1.165, 1.54) is 0 Å². The molecule has 0 aromatic rings. The fraction of sp³-hybridized carbons (Fsp3) is 0.800. The number of hydrogen-bond donors (Lipinski definition) is 1. The van der Waals surface area contributed by atoms with Crippen molar-refractivity contribution in [2.24, 2.45) is 0 Å². The van der Waals surface area contributed by atoms with Crippen molar-refractivity contribution in [3.05, 3.63) is 12.3 Å². The average molecular weight is 186 g/mol. The summed E-state index contributed by atoms with van der Waals surface area (Å²) in [6.45, 7) is 7.00. The zero-order valence-corrected chi connectivity index (χ0v) is 8.16. The van der Waals surface area contributed by atoms with Gasteiger partial charge in [0.2, 0.25) is 0 Å². The van der Waals surface area contributed by atoms with Crippen LogP contribution in [0.25, 0.3) is 0 Å². The molecule has 3 heteroatoms. The summed E-state index contributed by atoms with van der Waals surface area (Å²) in [5.41, 5.74) is 0. The van der Waals surface area contributed by atoms with Gasteiger partial charge in [0.25, 0.3) is 0 Å². The van der Waals surface area contributed by atoms with Gasteiger partial charge in [0.1, 0.15) is 0 Å². The van der Waals surface area contributed by atoms with E-state index in [1.807, 2.05) is 6.92 Å². The Labute approximate surface area is 79.3 Å². The van der Waals surface area contributed by atoms with E-state index in [9.17, 15) is 5.11 Å². The number of ether oxygens (including phenoxy) is 2. The SMILES string of the molecule is C=C(CC1CC(O)CCO1)OCC. The molecule has 0 aliphatic carbocycles. The van der Waals surface area contributed by atoms with Gasteiger partial charge >= 0.3 is 0 Å². The van der Waals surface area contributed by atoms with Gasteiger partial charge in [-0.2, -0.15) is 0 Å². The zero-order valence-electron chi connectivity index (χ0n) is 8.16. The van der Waals surface area contributed by atoms with Gasteiger partial charge in [-0.1, -0.05) is 6.58 Å². The quantitative estimate of drug-likeness (QED) is 0.676. The normalized spacial score (nSPS) is 28.5. The van der Waals surface area contributed by atoms with E-state index in [0.29, 0.717) is 26.1 Å². The summed E-state index contributed by atoms with van der Waals surface area (Å²) in [5.74, 6) is 0.751. The Bertz CT molecular complexity index is 168. The fourth-order valence-corrected chi connectivity index (χ4v) is 1.52. The van der Waals surface area contributed by atoms with Crippen molar-refractivity contribution in [3.8, 4) is 0 Å². The third kappa shape index (κ3) is 3.79. The van der Waals surface area contributed by atoms with Crippen LogP contribution in [0, 0.1) is 0 Å². The molecule has 0 saturated carbocycles. The summed E-state index contributed by atoms with van der Waals surface area (Å²) in [6, 6.07) is 0. The van der Waals surface area contributed by atoms with Gasteiger partial charge in [0.05, 0.1) is 24.6 Å². The topological polar surface area (TPSA) is 38.7 Å². The molecule has 0 spiro atoms. The first-order chi connectivity index (χ1) is 6.22. The minimum atomic E-state index is -0.215. The number of aliphatic hydroxyl groups excluding tert-OH is 1. The molecule has 76 valence electrons. The fourth-order valence-electron chi connectivity index (χ4n) is 1.52. The van der Waals surface area contributed by atoms with Crippen molar-refractivity contribution in [2.75, 3.05) is 13.2 Å². The maximum atomic E-state index is 9.37. The Morgan fingerprint density at radius 1 is 1.69 bits per heavy atom. The number of hydrogen-bond acceptors (Lipinski definition) is 3. The molecule has 13 heavy (non-hydrogen) atoms. The largest absolute Gasteiger partial charge is 0.499 e. The van der Waals surface area contributed by atoms with Gasteiger partial charge in [0.15, 0.2) is 0 Å². The number of aliphatic hydroxyl groups is 1. The summed E-state index contributed by atoms with van der Waals surface area (Å²) in [7, 11) is 0. The van der Waals surface area contributed by atoms with Gasteiger partial charge in [-0.05, 0) is 13.3 Å². The highest BCUT2D eigenvalue weighted by atomic mass is 16.5. The highest BCUT2D eigenvalue weighted by molar-refractivity contribution is 4.88. The van der Waals surface area contributed by atoms with Crippen LogP contribution in [0.4, 0.5) is 0 Å². The summed E-state index contributed by atoms with van der Waals surface area (Å²) in [4.78, 5) is 0. The van der Waals surface area contributed by atoms with Crippen molar-refractivity contribution in [3.63, 3.8) is 0 Å². The highest BCUT2D eigenvalue weighted by Gasteiger charge is 2.21. The van der Waals surface area contributed by atoms with Crippen LogP contribution in [0.1, 0.15) is 26.2 Å². The minimum Gasteiger partial charge on any atom is -0.499 e. The standard InChI is InChI=1S/C10H18O3/c1-3-12-8(2)6-10-7-9(11)4-5-13-10/h9-11H,2-7H2,1H3. The lowest BCUT2D eigenvalue weighted by Gasteiger charge is -2.26. The third-order valence-corrected chi connectivity index (χ3v) is 2.14. The Morgan fingerprint density at radius 3 is 3.08 bits per heavy atom. The molecule has 1 fully saturated rings. The van der Waals surface area contributed by atoms with Crippen molar-refractivity contribution in [1.29, 1.82) is 0 Å². The Hall–Kier alpha value is -0.540. The van der Waals surface area contributed by atoms with Crippen LogP contribution < -0.4 is 0 Å². The van der Waals surface area contributed by atoms with Gasteiger partial charge in [0, 0.05) is 19.4 Å². The van der Waals surface area contributed by atoms with E-state index < -0.39 is 0 Å². The number of rotatable bonds is 4. The van der Waals surface area contributed by atoms with Gasteiger partial charge in [-0.25, -0.2) is 0 Å². The third-order valence-electron chi connectivity index (χ3n) is 2.14. The molecule has 1 heterocycles. The van der Waals surface area contributed by atoms with E-state index in [0.717, 1.165) is 12.2 Å². The van der Waals surface area contributed by atoms with E-state index in [1.54, 1.807) is 0 Å². The average Bonchev–Trinajstić information content (AvgIpc) is 2.04. The molecule has 0 aromatic carbocycles. The molecule has 2 atom stereocenters. The summed E-state index contributed by atoms with van der Waals surface area (Å²) < 4.78 is 10.7. The molecule has 0 radical (unpaired) electrons. The lowest BCUT2D eigenvalue weighted by molar-refractivity contribution is -0.0472. The lowest BCUT2D eigenvalue weighted by Crippen LogP contribution is -2.29. The minimum absolute atomic E-state index is 0.0859. The molecular weight excluding hydrogens is 168 g/mol. The summed E-state index contributed by atoms with van der Waals surface area (Å²) >= 11 is 0. The Morgan fingerprint density at radius 2 is 2.46 bits per heavy atom. The monoisotopic (exact) mass is 186 g/mol. The maximum Gasteiger partial charge on any atom is 0.0913 e. The lowest BCUT2D eigenvalue weighted by atomic mass is 10.0. The molecule has 1 saturated heterocycles. The van der Waals surface area contributed by atoms with Crippen molar-refractivity contribution in [1.82, 2.24) is 0 Å². The molecule has 0 bridgehead atoms. The van der Waals surface area contributed by atoms with Crippen LogP contribution >= 0.6 is 0 Å². The molecule has 2 unspecified atom stereocenters. The van der Waals surface area contributed by atoms with Crippen molar-refractivity contribution < 1.29 is 14.6 Å². The van der Waals surface area contributed by atoms with Crippen molar-refractivity contribution >= 4 is 0 Å². The van der Waals surface area contributed by atoms with Gasteiger partial charge in [-0.3, -0.25) is 0 Å². The molecule has 1 aliphatic heterocycles. The van der Waals surface area contributed by atoms with E-state index in [4.69, 9.17) is 9.47 Å². The molecule has 1 aliphatic rings. The highest BCUT2D eigenvalue weighted by Crippen LogP contribution is 2.19. The first kappa shape index (κ1) is 10.5. The molecule has 1 N–H and O–H groups in total. The first-order valence-corrected chi connectivity index (χ1v) is 4.82. The van der Waals surface area contributed by atoms with Crippen LogP contribution in [0.3, 0.4) is 0 Å². The van der Waals surface area contributed by atoms with Crippen molar-refractivity contribution in [2.45, 2.75) is 38.4 Å². The van der Waals surface area contributed by atoms with Crippen LogP contribution in [0.5, 0.6) is 0 Å². The maximum absolute atomic E-state index is 9.37. The van der Waals surface area contributed by atoms with Gasteiger partial charge in [-0.15, -0.1) is 0 Å². The van der Waals surface area contributed by atoms with E-state index in [2.05, 4.69) is 6.58 Å².